The fourth-order valence-electron chi connectivity index (χ4n) is 1.14. The van der Waals surface area contributed by atoms with Crippen LogP contribution in [0.4, 0.5) is 10.6 Å². The van der Waals surface area contributed by atoms with Crippen LogP contribution in [0.25, 0.3) is 0 Å². The van der Waals surface area contributed by atoms with Crippen molar-refractivity contribution in [3.05, 3.63) is 11.8 Å². The highest BCUT2D eigenvalue weighted by Gasteiger charge is 2.15. The summed E-state index contributed by atoms with van der Waals surface area (Å²) in [5.41, 5.74) is 0.966. The number of nitrogens with one attached hydrogen (secondary N) is 1. The first-order valence-electron chi connectivity index (χ1n) is 5.11. The number of rotatable bonds is 3. The smallest absolute Gasteiger partial charge is 0.323 e. The molecule has 6 nitrogen and oxygen atoms in total. The zero-order valence-corrected chi connectivity index (χ0v) is 10.1. The summed E-state index contributed by atoms with van der Waals surface area (Å²) >= 11 is 0. The molecule has 6 heteroatoms. The quantitative estimate of drug-likeness (QED) is 0.791. The first-order valence-corrected chi connectivity index (χ1v) is 5.11. The molecule has 1 atom stereocenters. The van der Waals surface area contributed by atoms with E-state index in [1.807, 2.05) is 14.0 Å². The van der Waals surface area contributed by atoms with Crippen LogP contribution in [0.5, 0.6) is 0 Å². The number of aromatic nitrogens is 2. The van der Waals surface area contributed by atoms with E-state index in [2.05, 4.69) is 10.4 Å². The Balaban J connectivity index is 2.64. The predicted octanol–water partition coefficient (Wildman–Crippen LogP) is 0.573. The van der Waals surface area contributed by atoms with Crippen LogP contribution < -0.4 is 5.32 Å². The number of carbonyl (C=O) groups excluding carboxylic acids is 1. The Morgan fingerprint density at radius 3 is 2.81 bits per heavy atom. The van der Waals surface area contributed by atoms with Crippen molar-refractivity contribution in [2.75, 3.05) is 19.0 Å². The van der Waals surface area contributed by atoms with Crippen LogP contribution in [0.3, 0.4) is 0 Å². The molecule has 2 amide bonds. The van der Waals surface area contributed by atoms with Gasteiger partial charge in [-0.15, -0.1) is 0 Å². The van der Waals surface area contributed by atoms with Gasteiger partial charge in [-0.25, -0.2) is 4.79 Å². The molecular weight excluding hydrogens is 208 g/mol. The largest absolute Gasteiger partial charge is 0.394 e. The van der Waals surface area contributed by atoms with E-state index in [1.54, 1.807) is 24.7 Å². The van der Waals surface area contributed by atoms with Gasteiger partial charge in [0.25, 0.3) is 0 Å². The SMILES string of the molecule is Cc1cc(NC(=O)N(C)C(C)CO)nn1C. The summed E-state index contributed by atoms with van der Waals surface area (Å²) in [7, 11) is 3.44. The Hall–Kier alpha value is -1.56. The van der Waals surface area contributed by atoms with Crippen molar-refractivity contribution < 1.29 is 9.90 Å². The van der Waals surface area contributed by atoms with E-state index >= 15 is 0 Å². The van der Waals surface area contributed by atoms with Crippen LogP contribution in [-0.4, -0.2) is 45.5 Å². The lowest BCUT2D eigenvalue weighted by Crippen LogP contribution is -2.40. The molecule has 1 aromatic heterocycles. The number of aliphatic hydroxyl groups is 1. The number of urea groups is 1. The highest BCUT2D eigenvalue weighted by molar-refractivity contribution is 5.88. The highest BCUT2D eigenvalue weighted by Crippen LogP contribution is 2.08. The van der Waals surface area contributed by atoms with Crippen LogP contribution in [0.1, 0.15) is 12.6 Å². The molecule has 0 aliphatic rings. The number of carbonyl (C=O) groups is 1. The summed E-state index contributed by atoms with van der Waals surface area (Å²) in [6.45, 7) is 3.61. The molecule has 0 spiro atoms. The van der Waals surface area contributed by atoms with E-state index in [-0.39, 0.29) is 18.7 Å². The van der Waals surface area contributed by atoms with Crippen LogP contribution in [0.2, 0.25) is 0 Å². The number of hydrogen-bond donors (Lipinski definition) is 2. The highest BCUT2D eigenvalue weighted by atomic mass is 16.3. The Kier molecular flexibility index (Phi) is 3.89. The molecule has 2 N–H and O–H groups in total. The number of amides is 2. The molecule has 16 heavy (non-hydrogen) atoms. The van der Waals surface area contributed by atoms with Crippen molar-refractivity contribution in [1.82, 2.24) is 14.7 Å². The Morgan fingerprint density at radius 2 is 2.38 bits per heavy atom. The van der Waals surface area contributed by atoms with Gasteiger partial charge in [0.2, 0.25) is 0 Å². The minimum atomic E-state index is -0.278. The van der Waals surface area contributed by atoms with Gasteiger partial charge in [-0.1, -0.05) is 0 Å². The maximum absolute atomic E-state index is 11.7. The molecule has 0 saturated heterocycles. The third kappa shape index (κ3) is 2.73. The third-order valence-electron chi connectivity index (χ3n) is 2.59. The van der Waals surface area contributed by atoms with Gasteiger partial charge in [0.15, 0.2) is 5.82 Å². The van der Waals surface area contributed by atoms with Gasteiger partial charge in [0.1, 0.15) is 0 Å². The lowest BCUT2D eigenvalue weighted by atomic mass is 10.3. The molecule has 1 unspecified atom stereocenters. The summed E-state index contributed by atoms with van der Waals surface area (Å²) in [6.07, 6.45) is 0. The molecule has 0 aliphatic heterocycles. The van der Waals surface area contributed by atoms with Crippen molar-refractivity contribution >= 4 is 11.8 Å². The molecule has 0 aliphatic carbocycles. The number of anilines is 1. The number of aryl methyl sites for hydroxylation is 2. The maximum atomic E-state index is 11.7. The van der Waals surface area contributed by atoms with Gasteiger partial charge in [-0.05, 0) is 13.8 Å². The molecule has 0 saturated carbocycles. The van der Waals surface area contributed by atoms with E-state index < -0.39 is 0 Å². The second-order valence-electron chi connectivity index (χ2n) is 3.87. The molecule has 1 heterocycles. The topological polar surface area (TPSA) is 70.4 Å². The van der Waals surface area contributed by atoms with Crippen molar-refractivity contribution in [3.8, 4) is 0 Å². The lowest BCUT2D eigenvalue weighted by molar-refractivity contribution is 0.166. The fraction of sp³-hybridized carbons (Fsp3) is 0.600. The van der Waals surface area contributed by atoms with Crippen LogP contribution in [0.15, 0.2) is 6.07 Å². The first kappa shape index (κ1) is 12.5. The molecular formula is C10H18N4O2. The summed E-state index contributed by atoms with van der Waals surface area (Å²) in [5, 5.41) is 15.7. The average molecular weight is 226 g/mol. The normalized spacial score (nSPS) is 12.3. The number of aliphatic hydroxyl groups excluding tert-OH is 1. The number of hydrogen-bond acceptors (Lipinski definition) is 3. The van der Waals surface area contributed by atoms with E-state index in [0.29, 0.717) is 5.82 Å². The second-order valence-corrected chi connectivity index (χ2v) is 3.87. The van der Waals surface area contributed by atoms with Crippen LogP contribution >= 0.6 is 0 Å². The molecule has 0 aromatic carbocycles. The first-order chi connectivity index (χ1) is 7.45. The Bertz CT molecular complexity index is 355. The van der Waals surface area contributed by atoms with Gasteiger partial charge in [-0.3, -0.25) is 10.00 Å². The monoisotopic (exact) mass is 226 g/mol. The van der Waals surface area contributed by atoms with E-state index in [4.69, 9.17) is 5.11 Å². The second kappa shape index (κ2) is 4.98. The van der Waals surface area contributed by atoms with Crippen LogP contribution in [0, 0.1) is 6.92 Å². The fourth-order valence-corrected chi connectivity index (χ4v) is 1.14. The van der Waals surface area contributed by atoms with Gasteiger partial charge in [-0.2, -0.15) is 5.10 Å². The molecule has 0 bridgehead atoms. The van der Waals surface area contributed by atoms with Gasteiger partial charge >= 0.3 is 6.03 Å². The van der Waals surface area contributed by atoms with Crippen molar-refractivity contribution in [2.45, 2.75) is 19.9 Å². The minimum absolute atomic E-state index is 0.0643. The van der Waals surface area contributed by atoms with Crippen molar-refractivity contribution in [1.29, 1.82) is 0 Å². The zero-order valence-electron chi connectivity index (χ0n) is 10.1. The number of likely N-dealkylation sites (N-methyl/N-ethyl adjacent to an activating group) is 1. The average Bonchev–Trinajstić information content (AvgIpc) is 2.55. The third-order valence-corrected chi connectivity index (χ3v) is 2.59. The standard InChI is InChI=1S/C10H18N4O2/c1-7-5-9(12-14(7)4)11-10(16)13(3)8(2)6-15/h5,8,15H,6H2,1-4H3,(H,11,12,16). The zero-order chi connectivity index (χ0) is 12.3. The summed E-state index contributed by atoms with van der Waals surface area (Å²) < 4.78 is 1.69. The number of nitrogens with zero attached hydrogens (tertiary/aromatic N) is 3. The molecule has 0 radical (unpaired) electrons. The minimum Gasteiger partial charge on any atom is -0.394 e. The summed E-state index contributed by atoms with van der Waals surface area (Å²) in [4.78, 5) is 13.1. The van der Waals surface area contributed by atoms with Gasteiger partial charge in [0, 0.05) is 25.9 Å². The molecule has 1 aromatic rings. The van der Waals surface area contributed by atoms with E-state index in [9.17, 15) is 4.79 Å². The molecule has 0 fully saturated rings. The predicted molar refractivity (Wildman–Crippen MR) is 61.3 cm³/mol. The summed E-state index contributed by atoms with van der Waals surface area (Å²) in [6, 6.07) is 1.29. The van der Waals surface area contributed by atoms with E-state index in [0.717, 1.165) is 5.69 Å². The lowest BCUT2D eigenvalue weighted by Gasteiger charge is -2.22. The Morgan fingerprint density at radius 1 is 1.75 bits per heavy atom. The van der Waals surface area contributed by atoms with Crippen molar-refractivity contribution in [2.24, 2.45) is 7.05 Å². The Labute approximate surface area is 94.9 Å². The van der Waals surface area contributed by atoms with Gasteiger partial charge < -0.3 is 10.0 Å². The van der Waals surface area contributed by atoms with Crippen LogP contribution in [-0.2, 0) is 7.05 Å². The maximum Gasteiger partial charge on any atom is 0.323 e. The molecule has 90 valence electrons. The summed E-state index contributed by atoms with van der Waals surface area (Å²) in [5.74, 6) is 0.516. The van der Waals surface area contributed by atoms with Crippen molar-refractivity contribution in [3.63, 3.8) is 0 Å². The molecule has 1 rings (SSSR count). The van der Waals surface area contributed by atoms with E-state index in [1.165, 1.54) is 4.90 Å². The van der Waals surface area contributed by atoms with Gasteiger partial charge in [0.05, 0.1) is 12.6 Å².